The van der Waals surface area contributed by atoms with Crippen molar-refractivity contribution in [2.75, 3.05) is 7.11 Å². The molecular formula is C14H17N3O5S. The first-order valence-corrected chi connectivity index (χ1v) is 8.22. The second-order valence-electron chi connectivity index (χ2n) is 4.96. The van der Waals surface area contributed by atoms with Gasteiger partial charge in [0.1, 0.15) is 4.90 Å². The summed E-state index contributed by atoms with van der Waals surface area (Å²) in [5, 5.41) is 1.15. The standard InChI is InChI=1S/C14H17N3O5S/c1-9-8-15-17(10(9)2)14(19)16-23(20,21)12-7-5-4-6-11(12)13(18)22-3/h4-8,10,15H,1-3H3,(H,16,19). The number of carbonyl (C=O) groups is 2. The molecule has 23 heavy (non-hydrogen) atoms. The largest absolute Gasteiger partial charge is 0.465 e. The zero-order chi connectivity index (χ0) is 17.2. The number of methoxy groups -OCH3 is 1. The Kier molecular flexibility index (Phi) is 4.60. The monoisotopic (exact) mass is 339 g/mol. The van der Waals surface area contributed by atoms with Crippen molar-refractivity contribution >= 4 is 22.0 Å². The maximum absolute atomic E-state index is 12.4. The van der Waals surface area contributed by atoms with Crippen LogP contribution in [0, 0.1) is 0 Å². The number of amides is 2. The first kappa shape index (κ1) is 16.8. The van der Waals surface area contributed by atoms with Gasteiger partial charge in [0.05, 0.1) is 18.7 Å². The molecule has 124 valence electrons. The second kappa shape index (κ2) is 6.29. The van der Waals surface area contributed by atoms with E-state index in [0.717, 1.165) is 17.7 Å². The van der Waals surface area contributed by atoms with Crippen molar-refractivity contribution in [3.63, 3.8) is 0 Å². The van der Waals surface area contributed by atoms with Gasteiger partial charge in [-0.3, -0.25) is 0 Å². The molecule has 0 bridgehead atoms. The van der Waals surface area contributed by atoms with Crippen LogP contribution in [0.15, 0.2) is 40.9 Å². The van der Waals surface area contributed by atoms with E-state index >= 15 is 0 Å². The minimum absolute atomic E-state index is 0.146. The zero-order valence-corrected chi connectivity index (χ0v) is 13.7. The van der Waals surface area contributed by atoms with Gasteiger partial charge in [-0.05, 0) is 31.6 Å². The Morgan fingerprint density at radius 1 is 1.30 bits per heavy atom. The fourth-order valence-electron chi connectivity index (χ4n) is 2.04. The lowest BCUT2D eigenvalue weighted by atomic mass is 10.2. The number of sulfonamides is 1. The highest BCUT2D eigenvalue weighted by Crippen LogP contribution is 2.18. The Balaban J connectivity index is 2.27. The van der Waals surface area contributed by atoms with Gasteiger partial charge in [0.2, 0.25) is 0 Å². The van der Waals surface area contributed by atoms with Crippen LogP contribution >= 0.6 is 0 Å². The third kappa shape index (κ3) is 3.29. The number of nitrogens with zero attached hydrogens (tertiary/aromatic N) is 1. The summed E-state index contributed by atoms with van der Waals surface area (Å²) in [4.78, 5) is 23.5. The minimum Gasteiger partial charge on any atom is -0.465 e. The van der Waals surface area contributed by atoms with Crippen LogP contribution in [0.4, 0.5) is 4.79 Å². The summed E-state index contributed by atoms with van der Waals surface area (Å²) >= 11 is 0. The number of rotatable bonds is 3. The lowest BCUT2D eigenvalue weighted by molar-refractivity contribution is 0.0596. The molecule has 0 saturated carbocycles. The van der Waals surface area contributed by atoms with Crippen molar-refractivity contribution in [3.05, 3.63) is 41.6 Å². The summed E-state index contributed by atoms with van der Waals surface area (Å²) < 4.78 is 31.3. The number of carbonyl (C=O) groups excluding carboxylic acids is 2. The Morgan fingerprint density at radius 2 is 1.96 bits per heavy atom. The van der Waals surface area contributed by atoms with Crippen LogP contribution < -0.4 is 10.1 Å². The average Bonchev–Trinajstić information content (AvgIpc) is 2.86. The molecule has 1 aromatic rings. The molecule has 0 fully saturated rings. The molecule has 1 unspecified atom stereocenters. The molecule has 2 rings (SSSR count). The van der Waals surface area contributed by atoms with E-state index in [0.29, 0.717) is 0 Å². The van der Waals surface area contributed by atoms with E-state index in [1.54, 1.807) is 13.1 Å². The molecule has 9 heteroatoms. The minimum atomic E-state index is -4.23. The number of benzene rings is 1. The predicted molar refractivity (Wildman–Crippen MR) is 81.7 cm³/mol. The lowest BCUT2D eigenvalue weighted by Gasteiger charge is -2.23. The molecule has 0 aliphatic carbocycles. The smallest absolute Gasteiger partial charge is 0.350 e. The van der Waals surface area contributed by atoms with Crippen molar-refractivity contribution < 1.29 is 22.7 Å². The number of hydrogen-bond acceptors (Lipinski definition) is 6. The molecule has 1 aliphatic rings. The van der Waals surface area contributed by atoms with E-state index < -0.39 is 22.0 Å². The van der Waals surface area contributed by atoms with Crippen LogP contribution in [0.1, 0.15) is 24.2 Å². The number of hydrogen-bond donors (Lipinski definition) is 2. The highest BCUT2D eigenvalue weighted by atomic mass is 32.2. The van der Waals surface area contributed by atoms with Gasteiger partial charge < -0.3 is 10.2 Å². The Morgan fingerprint density at radius 3 is 2.52 bits per heavy atom. The highest BCUT2D eigenvalue weighted by Gasteiger charge is 2.30. The number of ether oxygens (including phenoxy) is 1. The van der Waals surface area contributed by atoms with Gasteiger partial charge >= 0.3 is 12.0 Å². The topological polar surface area (TPSA) is 105 Å². The first-order chi connectivity index (χ1) is 10.8. The number of nitrogens with one attached hydrogen (secondary N) is 2. The number of hydrazine groups is 1. The third-order valence-electron chi connectivity index (χ3n) is 3.50. The van der Waals surface area contributed by atoms with E-state index in [1.807, 2.05) is 11.6 Å². The van der Waals surface area contributed by atoms with E-state index in [-0.39, 0.29) is 16.5 Å². The summed E-state index contributed by atoms with van der Waals surface area (Å²) in [5.41, 5.74) is 3.42. The molecule has 2 N–H and O–H groups in total. The molecule has 0 radical (unpaired) electrons. The summed E-state index contributed by atoms with van der Waals surface area (Å²) in [5.74, 6) is -0.802. The molecule has 0 spiro atoms. The van der Waals surface area contributed by atoms with Crippen LogP contribution in [0.25, 0.3) is 0 Å². The molecule has 0 saturated heterocycles. The van der Waals surface area contributed by atoms with E-state index in [4.69, 9.17) is 0 Å². The molecule has 1 atom stereocenters. The van der Waals surface area contributed by atoms with Gasteiger partial charge in [-0.2, -0.15) is 0 Å². The Labute approximate surface area is 134 Å². The number of urea groups is 1. The fourth-order valence-corrected chi connectivity index (χ4v) is 3.18. The molecule has 1 aromatic carbocycles. The Hall–Kier alpha value is -2.55. The molecule has 1 aliphatic heterocycles. The maximum atomic E-state index is 12.4. The van der Waals surface area contributed by atoms with Gasteiger partial charge in [-0.15, -0.1) is 0 Å². The van der Waals surface area contributed by atoms with Crippen molar-refractivity contribution in [3.8, 4) is 0 Å². The van der Waals surface area contributed by atoms with Gasteiger partial charge in [0.15, 0.2) is 0 Å². The summed E-state index contributed by atoms with van der Waals surface area (Å²) in [6.07, 6.45) is 1.61. The first-order valence-electron chi connectivity index (χ1n) is 6.74. The maximum Gasteiger partial charge on any atom is 0.350 e. The molecule has 2 amide bonds. The van der Waals surface area contributed by atoms with Crippen molar-refractivity contribution in [1.82, 2.24) is 15.2 Å². The highest BCUT2D eigenvalue weighted by molar-refractivity contribution is 7.90. The van der Waals surface area contributed by atoms with E-state index in [1.165, 1.54) is 24.3 Å². The van der Waals surface area contributed by atoms with Crippen LogP contribution in [0.5, 0.6) is 0 Å². The van der Waals surface area contributed by atoms with Crippen molar-refractivity contribution in [1.29, 1.82) is 0 Å². The van der Waals surface area contributed by atoms with Crippen molar-refractivity contribution in [2.45, 2.75) is 24.8 Å². The van der Waals surface area contributed by atoms with Crippen molar-refractivity contribution in [2.24, 2.45) is 0 Å². The molecule has 8 nitrogen and oxygen atoms in total. The summed E-state index contributed by atoms with van der Waals surface area (Å²) in [7, 11) is -3.08. The predicted octanol–water partition coefficient (Wildman–Crippen LogP) is 0.984. The zero-order valence-electron chi connectivity index (χ0n) is 12.9. The van der Waals surface area contributed by atoms with E-state index in [2.05, 4.69) is 10.2 Å². The normalized spacial score (nSPS) is 17.3. The van der Waals surface area contributed by atoms with Crippen LogP contribution in [0.2, 0.25) is 0 Å². The molecule has 0 aromatic heterocycles. The quantitative estimate of drug-likeness (QED) is 0.796. The number of esters is 1. The van der Waals surface area contributed by atoms with Gasteiger partial charge in [0.25, 0.3) is 10.0 Å². The van der Waals surface area contributed by atoms with Crippen LogP contribution in [-0.4, -0.2) is 38.6 Å². The van der Waals surface area contributed by atoms with Gasteiger partial charge in [0, 0.05) is 6.20 Å². The van der Waals surface area contributed by atoms with Gasteiger partial charge in [-0.1, -0.05) is 12.1 Å². The fraction of sp³-hybridized carbons (Fsp3) is 0.286. The van der Waals surface area contributed by atoms with Gasteiger partial charge in [-0.25, -0.2) is 27.7 Å². The molecular weight excluding hydrogens is 322 g/mol. The second-order valence-corrected chi connectivity index (χ2v) is 6.61. The Bertz CT molecular complexity index is 772. The third-order valence-corrected chi connectivity index (χ3v) is 4.88. The summed E-state index contributed by atoms with van der Waals surface area (Å²) in [6, 6.07) is 4.36. The van der Waals surface area contributed by atoms with E-state index in [9.17, 15) is 18.0 Å². The van der Waals surface area contributed by atoms with Crippen LogP contribution in [-0.2, 0) is 14.8 Å². The van der Waals surface area contributed by atoms with Crippen LogP contribution in [0.3, 0.4) is 0 Å². The molecule has 1 heterocycles. The summed E-state index contributed by atoms with van der Waals surface area (Å²) in [6.45, 7) is 3.56. The average molecular weight is 339 g/mol. The lowest BCUT2D eigenvalue weighted by Crippen LogP contribution is -2.49. The SMILES string of the molecule is COC(=O)c1ccccc1S(=O)(=O)NC(=O)N1NC=C(C)C1C.